The van der Waals surface area contributed by atoms with E-state index in [2.05, 4.69) is 5.32 Å². The van der Waals surface area contributed by atoms with Crippen LogP contribution in [0.2, 0.25) is 0 Å². The first-order chi connectivity index (χ1) is 9.45. The van der Waals surface area contributed by atoms with Crippen molar-refractivity contribution in [1.82, 2.24) is 5.32 Å². The van der Waals surface area contributed by atoms with Crippen molar-refractivity contribution in [2.45, 2.75) is 26.3 Å². The number of hydrogen-bond acceptors (Lipinski definition) is 3. The van der Waals surface area contributed by atoms with Gasteiger partial charge >= 0.3 is 0 Å². The molecule has 0 saturated heterocycles. The Morgan fingerprint density at radius 2 is 2.15 bits per heavy atom. The van der Waals surface area contributed by atoms with Crippen molar-refractivity contribution in [3.8, 4) is 5.75 Å². The first kappa shape index (κ1) is 14.5. The van der Waals surface area contributed by atoms with Gasteiger partial charge in [0, 0.05) is 28.3 Å². The van der Waals surface area contributed by atoms with Crippen molar-refractivity contribution in [3.05, 3.63) is 51.5 Å². The zero-order valence-corrected chi connectivity index (χ0v) is 12.1. The van der Waals surface area contributed by atoms with E-state index in [0.717, 1.165) is 6.07 Å². The van der Waals surface area contributed by atoms with E-state index in [9.17, 15) is 9.18 Å². The van der Waals surface area contributed by atoms with Crippen LogP contribution in [0.3, 0.4) is 0 Å². The molecule has 0 saturated carbocycles. The largest absolute Gasteiger partial charge is 0.508 e. The molecule has 3 nitrogen and oxygen atoms in total. The Morgan fingerprint density at radius 1 is 1.40 bits per heavy atom. The van der Waals surface area contributed by atoms with Crippen LogP contribution in [0.15, 0.2) is 30.3 Å². The van der Waals surface area contributed by atoms with Gasteiger partial charge in [-0.2, -0.15) is 0 Å². The zero-order valence-electron chi connectivity index (χ0n) is 11.3. The lowest BCUT2D eigenvalue weighted by atomic mass is 10.1. The number of aromatic hydroxyl groups is 1. The Hall–Kier alpha value is -1.88. The molecule has 1 aromatic carbocycles. The molecule has 5 heteroatoms. The molecule has 2 aromatic rings. The van der Waals surface area contributed by atoms with Crippen LogP contribution in [0, 0.1) is 12.7 Å². The summed E-state index contributed by atoms with van der Waals surface area (Å²) < 4.78 is 13.6. The second-order valence-electron chi connectivity index (χ2n) is 4.76. The predicted octanol–water partition coefficient (Wildman–Crippen LogP) is 3.26. The number of carbonyl (C=O) groups is 1. The van der Waals surface area contributed by atoms with Gasteiger partial charge in [-0.15, -0.1) is 11.3 Å². The van der Waals surface area contributed by atoms with E-state index in [1.54, 1.807) is 11.3 Å². The van der Waals surface area contributed by atoms with Gasteiger partial charge in [-0.1, -0.05) is 0 Å². The lowest BCUT2D eigenvalue weighted by Gasteiger charge is -2.13. The topological polar surface area (TPSA) is 49.3 Å². The fourth-order valence-electron chi connectivity index (χ4n) is 1.94. The summed E-state index contributed by atoms with van der Waals surface area (Å²) in [5, 5.41) is 11.9. The molecule has 0 aliphatic rings. The first-order valence-corrected chi connectivity index (χ1v) is 7.12. The first-order valence-electron chi connectivity index (χ1n) is 6.30. The maximum atomic E-state index is 13.6. The van der Waals surface area contributed by atoms with Crippen LogP contribution in [0.4, 0.5) is 4.39 Å². The van der Waals surface area contributed by atoms with Gasteiger partial charge in [0.2, 0.25) is 0 Å². The van der Waals surface area contributed by atoms with Gasteiger partial charge in [0.05, 0.1) is 5.56 Å². The molecule has 1 heterocycles. The monoisotopic (exact) mass is 293 g/mol. The quantitative estimate of drug-likeness (QED) is 0.909. The maximum Gasteiger partial charge on any atom is 0.254 e. The van der Waals surface area contributed by atoms with Crippen molar-refractivity contribution in [1.29, 1.82) is 0 Å². The Balaban J connectivity index is 2.00. The number of benzene rings is 1. The Bertz CT molecular complexity index is 624. The van der Waals surface area contributed by atoms with Crippen LogP contribution >= 0.6 is 11.3 Å². The van der Waals surface area contributed by atoms with Crippen LogP contribution in [0.1, 0.15) is 27.0 Å². The Kier molecular flexibility index (Phi) is 4.39. The summed E-state index contributed by atoms with van der Waals surface area (Å²) in [4.78, 5) is 14.4. The highest BCUT2D eigenvalue weighted by molar-refractivity contribution is 7.11. The number of hydrogen-bond donors (Lipinski definition) is 2. The molecule has 106 valence electrons. The average Bonchev–Trinajstić information content (AvgIpc) is 2.74. The molecule has 0 aliphatic carbocycles. The molecule has 0 aliphatic heterocycles. The predicted molar refractivity (Wildman–Crippen MR) is 77.8 cm³/mol. The van der Waals surface area contributed by atoms with Gasteiger partial charge in [-0.05, 0) is 38.1 Å². The van der Waals surface area contributed by atoms with Gasteiger partial charge in [-0.3, -0.25) is 4.79 Å². The number of amides is 1. The van der Waals surface area contributed by atoms with Crippen molar-refractivity contribution in [2.24, 2.45) is 0 Å². The minimum Gasteiger partial charge on any atom is -0.508 e. The summed E-state index contributed by atoms with van der Waals surface area (Å²) in [5.74, 6) is -1.38. The molecule has 0 radical (unpaired) electrons. The SMILES string of the molecule is Cc1ccc(CC(C)NC(=O)c2ccc(O)cc2F)s1. The molecule has 0 bridgehead atoms. The number of phenols is 1. The third kappa shape index (κ3) is 3.57. The summed E-state index contributed by atoms with van der Waals surface area (Å²) in [6.45, 7) is 3.91. The number of phenolic OH excluding ortho intramolecular Hbond substituents is 1. The highest BCUT2D eigenvalue weighted by Crippen LogP contribution is 2.18. The van der Waals surface area contributed by atoms with Crippen LogP contribution in [-0.2, 0) is 6.42 Å². The van der Waals surface area contributed by atoms with Crippen molar-refractivity contribution in [2.75, 3.05) is 0 Å². The van der Waals surface area contributed by atoms with Gasteiger partial charge in [-0.25, -0.2) is 4.39 Å². The molecule has 0 fully saturated rings. The van der Waals surface area contributed by atoms with Crippen LogP contribution < -0.4 is 5.32 Å². The summed E-state index contributed by atoms with van der Waals surface area (Å²) in [6, 6.07) is 7.49. The second-order valence-corrected chi connectivity index (χ2v) is 6.13. The van der Waals surface area contributed by atoms with E-state index in [1.807, 2.05) is 26.0 Å². The second kappa shape index (κ2) is 6.05. The smallest absolute Gasteiger partial charge is 0.254 e. The van der Waals surface area contributed by atoms with Gasteiger partial charge in [0.1, 0.15) is 11.6 Å². The van der Waals surface area contributed by atoms with Gasteiger partial charge < -0.3 is 10.4 Å². The lowest BCUT2D eigenvalue weighted by molar-refractivity contribution is 0.0936. The number of nitrogens with one attached hydrogen (secondary N) is 1. The Morgan fingerprint density at radius 3 is 2.75 bits per heavy atom. The summed E-state index contributed by atoms with van der Waals surface area (Å²) >= 11 is 1.69. The van der Waals surface area contributed by atoms with E-state index in [-0.39, 0.29) is 17.4 Å². The lowest BCUT2D eigenvalue weighted by Crippen LogP contribution is -2.34. The number of carbonyl (C=O) groups excluding carboxylic acids is 1. The number of aryl methyl sites for hydroxylation is 1. The summed E-state index contributed by atoms with van der Waals surface area (Å²) in [6.07, 6.45) is 0.712. The zero-order chi connectivity index (χ0) is 14.7. The van der Waals surface area contributed by atoms with Crippen molar-refractivity contribution >= 4 is 17.2 Å². The van der Waals surface area contributed by atoms with E-state index in [1.165, 1.54) is 21.9 Å². The number of thiophene rings is 1. The van der Waals surface area contributed by atoms with Crippen LogP contribution in [0.25, 0.3) is 0 Å². The Labute approximate surface area is 121 Å². The van der Waals surface area contributed by atoms with E-state index in [4.69, 9.17) is 5.11 Å². The summed E-state index contributed by atoms with van der Waals surface area (Å²) in [5.41, 5.74) is -0.0583. The standard InChI is InChI=1S/C15H16FNO2S/c1-9(7-12-5-3-10(2)20-12)17-15(19)13-6-4-11(18)8-14(13)16/h3-6,8-9,18H,7H2,1-2H3,(H,17,19). The van der Waals surface area contributed by atoms with Gasteiger partial charge in [0.15, 0.2) is 0 Å². The molecule has 1 amide bonds. The molecule has 1 atom stereocenters. The van der Waals surface area contributed by atoms with Gasteiger partial charge in [0.25, 0.3) is 5.91 Å². The number of halogens is 1. The third-order valence-electron chi connectivity index (χ3n) is 2.88. The average molecular weight is 293 g/mol. The van der Waals surface area contributed by atoms with Crippen LogP contribution in [0.5, 0.6) is 5.75 Å². The molecule has 0 spiro atoms. The third-order valence-corrected chi connectivity index (χ3v) is 3.90. The van der Waals surface area contributed by atoms with Crippen molar-refractivity contribution in [3.63, 3.8) is 0 Å². The highest BCUT2D eigenvalue weighted by Gasteiger charge is 2.15. The molecule has 1 aromatic heterocycles. The van der Waals surface area contributed by atoms with Crippen LogP contribution in [-0.4, -0.2) is 17.1 Å². The number of rotatable bonds is 4. The molecule has 2 N–H and O–H groups in total. The van der Waals surface area contributed by atoms with E-state index in [0.29, 0.717) is 6.42 Å². The summed E-state index contributed by atoms with van der Waals surface area (Å²) in [7, 11) is 0. The molecule has 20 heavy (non-hydrogen) atoms. The maximum absolute atomic E-state index is 13.6. The fourth-order valence-corrected chi connectivity index (χ4v) is 2.96. The molecule has 1 unspecified atom stereocenters. The normalized spacial score (nSPS) is 12.2. The molecular formula is C15H16FNO2S. The molecular weight excluding hydrogens is 277 g/mol. The van der Waals surface area contributed by atoms with E-state index >= 15 is 0 Å². The minimum atomic E-state index is -0.721. The fraction of sp³-hybridized carbons (Fsp3) is 0.267. The minimum absolute atomic E-state index is 0.0583. The van der Waals surface area contributed by atoms with Crippen molar-refractivity contribution < 1.29 is 14.3 Å². The highest BCUT2D eigenvalue weighted by atomic mass is 32.1. The van der Waals surface area contributed by atoms with E-state index < -0.39 is 11.7 Å². The molecule has 2 rings (SSSR count).